The van der Waals surface area contributed by atoms with Crippen molar-refractivity contribution in [3.63, 3.8) is 0 Å². The van der Waals surface area contributed by atoms with E-state index in [-0.39, 0.29) is 0 Å². The van der Waals surface area contributed by atoms with E-state index in [2.05, 4.69) is 11.1 Å². The summed E-state index contributed by atoms with van der Waals surface area (Å²) in [6, 6.07) is 28.1. The molecule has 0 amide bonds. The molecular formula is C24H17N5. The normalized spacial score (nSPS) is 10.8. The van der Waals surface area contributed by atoms with Crippen LogP contribution in [0.3, 0.4) is 0 Å². The van der Waals surface area contributed by atoms with Gasteiger partial charge in [-0.1, -0.05) is 72.8 Å². The summed E-state index contributed by atoms with van der Waals surface area (Å²) in [6.07, 6.45) is 5.45. The van der Waals surface area contributed by atoms with E-state index in [1.165, 1.54) is 0 Å². The highest BCUT2D eigenvalue weighted by Crippen LogP contribution is 2.25. The van der Waals surface area contributed by atoms with Gasteiger partial charge in [0.05, 0.1) is 6.33 Å². The number of nitrogens with zero attached hydrogens (tertiary/aromatic N) is 5. The highest BCUT2D eigenvalue weighted by molar-refractivity contribution is 5.67. The van der Waals surface area contributed by atoms with Crippen LogP contribution in [0.2, 0.25) is 0 Å². The molecule has 5 rings (SSSR count). The average Bonchev–Trinajstić information content (AvgIpc) is 3.35. The van der Waals surface area contributed by atoms with Crippen molar-refractivity contribution in [2.24, 2.45) is 0 Å². The molecular weight excluding hydrogens is 358 g/mol. The maximum atomic E-state index is 4.77. The number of aromatic nitrogens is 5. The summed E-state index contributed by atoms with van der Waals surface area (Å²) in [5.41, 5.74) is 3.84. The smallest absolute Gasteiger partial charge is 0.164 e. The molecule has 5 aromatic rings. The summed E-state index contributed by atoms with van der Waals surface area (Å²) < 4.78 is 1.96. The zero-order chi connectivity index (χ0) is 19.5. The number of benzene rings is 3. The molecule has 0 saturated carbocycles. The Labute approximate surface area is 168 Å². The topological polar surface area (TPSA) is 56.5 Å². The lowest BCUT2D eigenvalue weighted by atomic mass is 10.1. The van der Waals surface area contributed by atoms with Gasteiger partial charge >= 0.3 is 0 Å². The van der Waals surface area contributed by atoms with Gasteiger partial charge in [-0.05, 0) is 12.1 Å². The van der Waals surface area contributed by atoms with E-state index in [9.17, 15) is 0 Å². The Morgan fingerprint density at radius 2 is 1.10 bits per heavy atom. The van der Waals surface area contributed by atoms with Crippen molar-refractivity contribution < 1.29 is 0 Å². The zero-order valence-electron chi connectivity index (χ0n) is 15.6. The van der Waals surface area contributed by atoms with Crippen molar-refractivity contribution in [1.82, 2.24) is 24.5 Å². The van der Waals surface area contributed by atoms with Gasteiger partial charge < -0.3 is 4.57 Å². The van der Waals surface area contributed by atoms with Crippen LogP contribution in [0.15, 0.2) is 104 Å². The molecule has 0 spiro atoms. The van der Waals surface area contributed by atoms with Crippen molar-refractivity contribution in [3.05, 3.63) is 104 Å². The summed E-state index contributed by atoms with van der Waals surface area (Å²) in [5, 5.41) is 0. The van der Waals surface area contributed by atoms with Crippen LogP contribution >= 0.6 is 0 Å². The maximum Gasteiger partial charge on any atom is 0.164 e. The largest absolute Gasteiger partial charge is 0.306 e. The fraction of sp³-hybridized carbons (Fsp3) is 0. The van der Waals surface area contributed by atoms with Crippen molar-refractivity contribution in [2.45, 2.75) is 0 Å². The summed E-state index contributed by atoms with van der Waals surface area (Å²) in [6.45, 7) is 0. The highest BCUT2D eigenvalue weighted by atomic mass is 15.0. The lowest BCUT2D eigenvalue weighted by molar-refractivity contribution is 1.05. The van der Waals surface area contributed by atoms with E-state index in [1.807, 2.05) is 89.6 Å². The van der Waals surface area contributed by atoms with Gasteiger partial charge in [-0.2, -0.15) is 0 Å². The van der Waals surface area contributed by atoms with Crippen LogP contribution < -0.4 is 0 Å². The molecule has 138 valence electrons. The van der Waals surface area contributed by atoms with Crippen molar-refractivity contribution in [2.75, 3.05) is 0 Å². The molecule has 0 aliphatic heterocycles. The van der Waals surface area contributed by atoms with Crippen LogP contribution in [0.5, 0.6) is 0 Å². The SMILES string of the molecule is c1ccc(-c2nc(-c3ccccc3)nc(-c3cccc(-n4ccnc4)c3)n2)cc1. The summed E-state index contributed by atoms with van der Waals surface area (Å²) in [7, 11) is 0. The molecule has 0 atom stereocenters. The minimum absolute atomic E-state index is 0.639. The van der Waals surface area contributed by atoms with Crippen molar-refractivity contribution in [3.8, 4) is 39.9 Å². The van der Waals surface area contributed by atoms with Crippen LogP contribution in [0.25, 0.3) is 39.9 Å². The fourth-order valence-electron chi connectivity index (χ4n) is 3.16. The average molecular weight is 375 g/mol. The van der Waals surface area contributed by atoms with Crippen LogP contribution in [0, 0.1) is 0 Å². The first-order valence-electron chi connectivity index (χ1n) is 9.32. The third kappa shape index (κ3) is 3.53. The van der Waals surface area contributed by atoms with Gasteiger partial charge in [0.1, 0.15) is 0 Å². The van der Waals surface area contributed by atoms with Gasteiger partial charge in [-0.3, -0.25) is 0 Å². The minimum atomic E-state index is 0.639. The Bertz CT molecular complexity index is 1180. The second kappa shape index (κ2) is 7.48. The first-order valence-corrected chi connectivity index (χ1v) is 9.32. The quantitative estimate of drug-likeness (QED) is 0.441. The number of hydrogen-bond donors (Lipinski definition) is 0. The Kier molecular flexibility index (Phi) is 4.39. The molecule has 5 heteroatoms. The van der Waals surface area contributed by atoms with Crippen LogP contribution in [-0.2, 0) is 0 Å². The molecule has 2 heterocycles. The number of imidazole rings is 1. The van der Waals surface area contributed by atoms with E-state index in [1.54, 1.807) is 12.5 Å². The van der Waals surface area contributed by atoms with E-state index in [0.717, 1.165) is 22.4 Å². The first kappa shape index (κ1) is 17.0. The van der Waals surface area contributed by atoms with E-state index < -0.39 is 0 Å². The molecule has 0 aliphatic rings. The molecule has 0 radical (unpaired) electrons. The summed E-state index contributed by atoms with van der Waals surface area (Å²) in [4.78, 5) is 18.4. The lowest BCUT2D eigenvalue weighted by Crippen LogP contribution is -2.00. The molecule has 0 bridgehead atoms. The minimum Gasteiger partial charge on any atom is -0.306 e. The third-order valence-corrected chi connectivity index (χ3v) is 4.61. The van der Waals surface area contributed by atoms with E-state index >= 15 is 0 Å². The first-order chi connectivity index (χ1) is 14.4. The molecule has 0 N–H and O–H groups in total. The van der Waals surface area contributed by atoms with E-state index in [0.29, 0.717) is 17.5 Å². The van der Waals surface area contributed by atoms with Gasteiger partial charge in [0.15, 0.2) is 17.5 Å². The molecule has 2 aromatic heterocycles. The molecule has 5 nitrogen and oxygen atoms in total. The zero-order valence-corrected chi connectivity index (χ0v) is 15.6. The van der Waals surface area contributed by atoms with Gasteiger partial charge in [-0.15, -0.1) is 0 Å². The number of rotatable bonds is 4. The van der Waals surface area contributed by atoms with Crippen molar-refractivity contribution >= 4 is 0 Å². The Morgan fingerprint density at radius 1 is 0.552 bits per heavy atom. The van der Waals surface area contributed by atoms with Crippen LogP contribution in [0.4, 0.5) is 0 Å². The molecule has 0 fully saturated rings. The fourth-order valence-corrected chi connectivity index (χ4v) is 3.16. The van der Waals surface area contributed by atoms with E-state index in [4.69, 9.17) is 15.0 Å². The highest BCUT2D eigenvalue weighted by Gasteiger charge is 2.12. The van der Waals surface area contributed by atoms with Gasteiger partial charge in [0.2, 0.25) is 0 Å². The predicted octanol–water partition coefficient (Wildman–Crippen LogP) is 5.06. The third-order valence-electron chi connectivity index (χ3n) is 4.61. The maximum absolute atomic E-state index is 4.77. The Hall–Kier alpha value is -4.12. The van der Waals surface area contributed by atoms with Gasteiger partial charge in [0.25, 0.3) is 0 Å². The molecule has 3 aromatic carbocycles. The Morgan fingerprint density at radius 3 is 1.66 bits per heavy atom. The lowest BCUT2D eigenvalue weighted by Gasteiger charge is -2.09. The molecule has 29 heavy (non-hydrogen) atoms. The summed E-state index contributed by atoms with van der Waals surface area (Å²) >= 11 is 0. The second-order valence-electron chi connectivity index (χ2n) is 6.56. The van der Waals surface area contributed by atoms with Crippen molar-refractivity contribution in [1.29, 1.82) is 0 Å². The molecule has 0 saturated heterocycles. The predicted molar refractivity (Wildman–Crippen MR) is 113 cm³/mol. The molecule has 0 aliphatic carbocycles. The van der Waals surface area contributed by atoms with Gasteiger partial charge in [-0.25, -0.2) is 19.9 Å². The van der Waals surface area contributed by atoms with Gasteiger partial charge in [0, 0.05) is 34.8 Å². The Balaban J connectivity index is 1.68. The standard InChI is InChI=1S/C24H17N5/c1-3-8-18(9-4-1)22-26-23(19-10-5-2-6-11-19)28-24(27-22)20-12-7-13-21(16-20)29-15-14-25-17-29/h1-17H. The van der Waals surface area contributed by atoms with Crippen LogP contribution in [-0.4, -0.2) is 24.5 Å². The molecule has 0 unspecified atom stereocenters. The number of hydrogen-bond acceptors (Lipinski definition) is 4. The second-order valence-corrected chi connectivity index (χ2v) is 6.56. The summed E-state index contributed by atoms with van der Waals surface area (Å²) in [5.74, 6) is 1.95. The van der Waals surface area contributed by atoms with Crippen LogP contribution in [0.1, 0.15) is 0 Å². The monoisotopic (exact) mass is 375 g/mol.